The molecule has 5 aliphatic rings. The fourth-order valence-electron chi connectivity index (χ4n) is 7.48. The van der Waals surface area contributed by atoms with Gasteiger partial charge in [0.25, 0.3) is 0 Å². The number of fused-ring (bicyclic) bond motifs is 2. The normalized spacial score (nSPS) is 46.2. The summed E-state index contributed by atoms with van der Waals surface area (Å²) in [7, 11) is 0. The van der Waals surface area contributed by atoms with Crippen LogP contribution in [0.5, 0.6) is 0 Å². The number of rotatable bonds is 1. The van der Waals surface area contributed by atoms with Crippen LogP contribution in [-0.4, -0.2) is 64.4 Å². The lowest BCUT2D eigenvalue weighted by atomic mass is 9.71. The summed E-state index contributed by atoms with van der Waals surface area (Å²) in [5.41, 5.74) is 0.914. The van der Waals surface area contributed by atoms with Gasteiger partial charge >= 0.3 is 5.97 Å². The Hall–Kier alpha value is -2.26. The number of nitrogens with zero attached hydrogens (tertiary/aromatic N) is 1. The van der Waals surface area contributed by atoms with Crippen molar-refractivity contribution in [2.75, 3.05) is 6.61 Å². The summed E-state index contributed by atoms with van der Waals surface area (Å²) in [5, 5.41) is 25.4. The molecule has 4 heterocycles. The number of allylic oxidation sites excluding steroid dienone is 4. The van der Waals surface area contributed by atoms with Gasteiger partial charge in [-0.3, -0.25) is 4.79 Å². The lowest BCUT2D eigenvalue weighted by Gasteiger charge is -2.50. The number of carbonyl (C=O) groups is 1. The summed E-state index contributed by atoms with van der Waals surface area (Å²) in [4.78, 5) is 14.0. The lowest BCUT2D eigenvalue weighted by Crippen LogP contribution is -2.57. The van der Waals surface area contributed by atoms with Gasteiger partial charge in [0.05, 0.1) is 18.8 Å². The molecule has 5 rings (SSSR count). The van der Waals surface area contributed by atoms with Gasteiger partial charge in [-0.2, -0.15) is 0 Å². The van der Waals surface area contributed by atoms with Gasteiger partial charge in [0.2, 0.25) is 0 Å². The molecule has 3 fully saturated rings. The van der Waals surface area contributed by atoms with Gasteiger partial charge in [0.1, 0.15) is 29.4 Å². The molecule has 0 radical (unpaired) electrons. The van der Waals surface area contributed by atoms with Crippen molar-refractivity contribution < 1.29 is 34.1 Å². The van der Waals surface area contributed by atoms with Crippen molar-refractivity contribution in [3.05, 3.63) is 47.1 Å². The van der Waals surface area contributed by atoms with Crippen LogP contribution in [0.2, 0.25) is 0 Å². The second-order valence-electron chi connectivity index (χ2n) is 13.4. The molecule has 9 atom stereocenters. The second kappa shape index (κ2) is 11.8. The molecule has 0 amide bonds. The third kappa shape index (κ3) is 5.85. The van der Waals surface area contributed by atoms with E-state index in [2.05, 4.69) is 51.9 Å². The summed E-state index contributed by atoms with van der Waals surface area (Å²) < 4.78 is 25.7. The minimum Gasteiger partial charge on any atom is -0.462 e. The highest BCUT2D eigenvalue weighted by Crippen LogP contribution is 2.47. The SMILES string of the molecule is CC1=C[C@H]2C(=O)O[C@H]3C[C@@H](C/C=C(\C)C[C@@H](C)/C=C/C=C4\CO[C@H](/C1=N\O)[C@@]42O)O[C@@]1(CC[C@H](C)[C@@H](C(C)C)O1)C3. The molecule has 0 saturated carbocycles. The number of carbonyl (C=O) groups excluding carboxylic acids is 1. The molecule has 0 unspecified atom stereocenters. The molecular weight excluding hydrogens is 522 g/mol. The molecule has 0 aromatic carbocycles. The first-order valence-corrected chi connectivity index (χ1v) is 15.3. The molecule has 4 aliphatic heterocycles. The van der Waals surface area contributed by atoms with Crippen LogP contribution in [0.4, 0.5) is 0 Å². The maximum atomic E-state index is 14.0. The van der Waals surface area contributed by atoms with Gasteiger partial charge in [0, 0.05) is 19.3 Å². The number of ether oxygens (including phenoxy) is 4. The largest absolute Gasteiger partial charge is 0.462 e. The Labute approximate surface area is 244 Å². The summed E-state index contributed by atoms with van der Waals surface area (Å²) in [6.07, 6.45) is 12.6. The molecule has 0 aromatic rings. The van der Waals surface area contributed by atoms with Crippen molar-refractivity contribution in [2.45, 2.75) is 116 Å². The summed E-state index contributed by atoms with van der Waals surface area (Å²) >= 11 is 0. The molecule has 41 heavy (non-hydrogen) atoms. The molecule has 8 nitrogen and oxygen atoms in total. The van der Waals surface area contributed by atoms with Crippen LogP contribution in [0.25, 0.3) is 0 Å². The number of oxime groups is 1. The average Bonchev–Trinajstić information content (AvgIpc) is 3.24. The van der Waals surface area contributed by atoms with Crippen LogP contribution in [0.3, 0.4) is 0 Å². The van der Waals surface area contributed by atoms with E-state index in [1.54, 1.807) is 13.0 Å². The molecule has 1 aliphatic carbocycles. The zero-order valence-corrected chi connectivity index (χ0v) is 25.3. The van der Waals surface area contributed by atoms with E-state index in [9.17, 15) is 15.1 Å². The monoisotopic (exact) mass is 569 g/mol. The number of esters is 1. The predicted octanol–water partition coefficient (Wildman–Crippen LogP) is 5.64. The minimum atomic E-state index is -1.72. The Bertz CT molecular complexity index is 1170. The topological polar surface area (TPSA) is 107 Å². The van der Waals surface area contributed by atoms with E-state index in [4.69, 9.17) is 18.9 Å². The predicted molar refractivity (Wildman–Crippen MR) is 155 cm³/mol. The summed E-state index contributed by atoms with van der Waals surface area (Å²) in [6, 6.07) is 0. The van der Waals surface area contributed by atoms with Gasteiger partial charge in [-0.15, -0.1) is 0 Å². The maximum absolute atomic E-state index is 14.0. The van der Waals surface area contributed by atoms with E-state index in [-0.39, 0.29) is 30.4 Å². The third-order valence-electron chi connectivity index (χ3n) is 9.61. The van der Waals surface area contributed by atoms with Crippen LogP contribution in [0, 0.1) is 23.7 Å². The number of hydrogen-bond acceptors (Lipinski definition) is 8. The highest BCUT2D eigenvalue weighted by Gasteiger charge is 2.59. The van der Waals surface area contributed by atoms with Crippen molar-refractivity contribution in [3.63, 3.8) is 0 Å². The van der Waals surface area contributed by atoms with E-state index in [1.807, 2.05) is 12.2 Å². The van der Waals surface area contributed by atoms with Crippen molar-refractivity contribution in [1.82, 2.24) is 0 Å². The van der Waals surface area contributed by atoms with Crippen LogP contribution in [0.15, 0.2) is 52.3 Å². The summed E-state index contributed by atoms with van der Waals surface area (Å²) in [5.74, 6) is -1.31. The third-order valence-corrected chi connectivity index (χ3v) is 9.61. The fraction of sp³-hybridized carbons (Fsp3) is 0.697. The Morgan fingerprint density at radius 3 is 2.66 bits per heavy atom. The second-order valence-corrected chi connectivity index (χ2v) is 13.4. The van der Waals surface area contributed by atoms with Crippen molar-refractivity contribution in [2.24, 2.45) is 28.8 Å². The lowest BCUT2D eigenvalue weighted by molar-refractivity contribution is -0.340. The van der Waals surface area contributed by atoms with E-state index >= 15 is 0 Å². The first kappa shape index (κ1) is 30.2. The maximum Gasteiger partial charge on any atom is 0.316 e. The van der Waals surface area contributed by atoms with Crippen molar-refractivity contribution in [3.8, 4) is 0 Å². The van der Waals surface area contributed by atoms with Gasteiger partial charge in [-0.1, -0.05) is 68.8 Å². The van der Waals surface area contributed by atoms with Crippen LogP contribution in [0.1, 0.15) is 80.1 Å². The first-order chi connectivity index (χ1) is 19.5. The standard InChI is InChI=1S/C33H47NO7/c1-19(2)29-22(5)12-13-32(41-29)17-26-16-25(40-32)11-10-21(4)14-20(3)8-7-9-24-18-38-30-28(34-37)23(6)15-27(31(35)39-26)33(24,30)36/h7-10,15,19-20,22,25-27,29-30,36-37H,11-14,16-18H2,1-6H3/b8-7+,21-10+,24-9+,34-28-/t20-,22-,25+,26-,27-,29+,30+,32+,33+/m0/s1. The molecule has 3 saturated heterocycles. The Kier molecular flexibility index (Phi) is 8.68. The fourth-order valence-corrected chi connectivity index (χ4v) is 7.48. The zero-order chi connectivity index (χ0) is 29.5. The smallest absolute Gasteiger partial charge is 0.316 e. The molecular formula is C33H47NO7. The Balaban J connectivity index is 1.53. The van der Waals surface area contributed by atoms with E-state index in [0.29, 0.717) is 42.2 Å². The molecule has 2 bridgehead atoms. The van der Waals surface area contributed by atoms with Crippen molar-refractivity contribution >= 4 is 11.7 Å². The number of aliphatic hydroxyl groups is 1. The molecule has 8 heteroatoms. The van der Waals surface area contributed by atoms with Gasteiger partial charge in [-0.05, 0) is 62.0 Å². The summed E-state index contributed by atoms with van der Waals surface area (Å²) in [6.45, 7) is 12.8. The number of hydrogen-bond donors (Lipinski definition) is 2. The average molecular weight is 570 g/mol. The molecule has 226 valence electrons. The Morgan fingerprint density at radius 2 is 1.93 bits per heavy atom. The molecule has 2 N–H and O–H groups in total. The Morgan fingerprint density at radius 1 is 1.15 bits per heavy atom. The minimum absolute atomic E-state index is 0.0616. The molecule has 1 spiro atoms. The van der Waals surface area contributed by atoms with Crippen molar-refractivity contribution in [1.29, 1.82) is 0 Å². The van der Waals surface area contributed by atoms with Crippen LogP contribution in [-0.2, 0) is 23.7 Å². The highest BCUT2D eigenvalue weighted by atomic mass is 16.7. The van der Waals surface area contributed by atoms with Gasteiger partial charge in [-0.25, -0.2) is 0 Å². The van der Waals surface area contributed by atoms with Crippen LogP contribution < -0.4 is 0 Å². The highest BCUT2D eigenvalue weighted by molar-refractivity contribution is 6.06. The van der Waals surface area contributed by atoms with Crippen LogP contribution >= 0.6 is 0 Å². The first-order valence-electron chi connectivity index (χ1n) is 15.3. The quantitative estimate of drug-likeness (QED) is 0.182. The zero-order valence-electron chi connectivity index (χ0n) is 25.3. The van der Waals surface area contributed by atoms with Gasteiger partial charge < -0.3 is 29.3 Å². The van der Waals surface area contributed by atoms with Gasteiger partial charge in [0.15, 0.2) is 5.79 Å². The van der Waals surface area contributed by atoms with E-state index in [1.165, 1.54) is 5.57 Å². The molecule has 0 aromatic heterocycles. The van der Waals surface area contributed by atoms with E-state index in [0.717, 1.165) is 19.3 Å². The van der Waals surface area contributed by atoms with E-state index < -0.39 is 35.5 Å².